The van der Waals surface area contributed by atoms with E-state index in [9.17, 15) is 24.6 Å². The van der Waals surface area contributed by atoms with Crippen LogP contribution in [-0.4, -0.2) is 145 Å². The average Bonchev–Trinajstić information content (AvgIpc) is 3.96. The number of anilines is 1. The maximum atomic E-state index is 15.6. The van der Waals surface area contributed by atoms with Gasteiger partial charge in [-0.25, -0.2) is 9.59 Å². The number of esters is 4. The second kappa shape index (κ2) is 16.7. The van der Waals surface area contributed by atoms with Crippen molar-refractivity contribution < 1.29 is 53.1 Å². The van der Waals surface area contributed by atoms with E-state index in [4.69, 9.17) is 23.7 Å². The van der Waals surface area contributed by atoms with Crippen LogP contribution in [0.1, 0.15) is 102 Å². The Morgan fingerprint density at radius 2 is 1.69 bits per heavy atom. The van der Waals surface area contributed by atoms with Gasteiger partial charge in [0.25, 0.3) is 0 Å². The standard InChI is InChI=1S/C53H68N4O11/c1-11-49(62)27-33-28-52(46(60)65-9,42-34(18-22-56(29-33)30-49)35-24-32(14-16-38(35)54-42)15-17-41(59)68-48(4,5)6)37-25-36-39(26-40(37)64-8)55(7)44-51(36)20-23-57-21-13-19-50(12-2,43(51)57)45(67-31(3)58)53(44,63)47(61)66-10/h13-17,19,24-26,33,43-45,54,62-63H,11-12,18,20-23,27-30H2,1-10H3/t33-,43+,44-,45-,49+,50-,51-,52+,53+/m1/s1. The van der Waals surface area contributed by atoms with E-state index in [1.807, 2.05) is 83.0 Å². The van der Waals surface area contributed by atoms with E-state index in [0.717, 1.165) is 27.6 Å². The molecule has 15 nitrogen and oxygen atoms in total. The molecule has 2 bridgehead atoms. The summed E-state index contributed by atoms with van der Waals surface area (Å²) in [6.07, 6.45) is 8.66. The first-order chi connectivity index (χ1) is 32.2. The number of nitrogens with zero attached hydrogens (tertiary/aromatic N) is 3. The van der Waals surface area contributed by atoms with Crippen LogP contribution in [0.15, 0.2) is 48.6 Å². The van der Waals surface area contributed by atoms with Crippen LogP contribution in [0, 0.1) is 11.3 Å². The number of methoxy groups -OCH3 is 3. The number of benzene rings is 2. The molecule has 6 heterocycles. The van der Waals surface area contributed by atoms with Gasteiger partial charge in [-0.1, -0.05) is 32.1 Å². The number of piperidine rings is 1. The molecule has 9 rings (SSSR count). The van der Waals surface area contributed by atoms with Crippen LogP contribution >= 0.6 is 0 Å². The molecule has 1 aromatic heterocycles. The Kier molecular flexibility index (Phi) is 11.8. The van der Waals surface area contributed by atoms with Crippen molar-refractivity contribution >= 4 is 46.5 Å². The molecule has 15 heteroatoms. The van der Waals surface area contributed by atoms with Gasteiger partial charge in [-0.15, -0.1) is 0 Å². The zero-order chi connectivity index (χ0) is 48.9. The minimum Gasteiger partial charge on any atom is -0.496 e. The lowest BCUT2D eigenvalue weighted by Crippen LogP contribution is -2.81. The number of ether oxygens (including phenoxy) is 5. The number of hydrogen-bond acceptors (Lipinski definition) is 14. The Labute approximate surface area is 398 Å². The number of aromatic nitrogens is 1. The smallest absolute Gasteiger partial charge is 0.344 e. The molecule has 0 radical (unpaired) electrons. The largest absolute Gasteiger partial charge is 0.496 e. The minimum absolute atomic E-state index is 0.175. The molecular formula is C53H68N4O11. The van der Waals surface area contributed by atoms with E-state index >= 15 is 4.79 Å². The number of fused-ring (bicyclic) bond motifs is 6. The molecule has 2 saturated heterocycles. The number of carbonyl (C=O) groups excluding carboxylic acids is 4. The number of rotatable bonds is 9. The van der Waals surface area contributed by atoms with E-state index < -0.39 is 69.1 Å². The highest BCUT2D eigenvalue weighted by atomic mass is 16.6. The zero-order valence-corrected chi connectivity index (χ0v) is 41.2. The second-order valence-corrected chi connectivity index (χ2v) is 21.3. The van der Waals surface area contributed by atoms with E-state index in [2.05, 4.69) is 20.9 Å². The normalized spacial score (nSPS) is 33.9. The summed E-state index contributed by atoms with van der Waals surface area (Å²) in [4.78, 5) is 66.4. The third-order valence-electron chi connectivity index (χ3n) is 16.5. The fourth-order valence-corrected chi connectivity index (χ4v) is 14.2. The lowest BCUT2D eigenvalue weighted by Gasteiger charge is -2.63. The highest BCUT2D eigenvalue weighted by molar-refractivity contribution is 5.96. The van der Waals surface area contributed by atoms with Gasteiger partial charge in [-0.05, 0) is 113 Å². The highest BCUT2D eigenvalue weighted by Gasteiger charge is 2.80. The molecule has 3 N–H and O–H groups in total. The molecule has 68 heavy (non-hydrogen) atoms. The molecule has 1 spiro atoms. The number of aliphatic hydroxyl groups is 2. The van der Waals surface area contributed by atoms with Crippen molar-refractivity contribution in [2.45, 2.75) is 126 Å². The molecule has 0 amide bonds. The molecule has 6 aliphatic rings. The van der Waals surface area contributed by atoms with Crippen molar-refractivity contribution in [1.29, 1.82) is 0 Å². The van der Waals surface area contributed by atoms with Crippen LogP contribution in [0.2, 0.25) is 0 Å². The number of likely N-dealkylation sites (N-methyl/N-ethyl adjacent to an activating group) is 1. The van der Waals surface area contributed by atoms with Gasteiger partial charge in [0.05, 0.1) is 33.0 Å². The Morgan fingerprint density at radius 3 is 2.35 bits per heavy atom. The lowest BCUT2D eigenvalue weighted by atomic mass is 9.47. The average molecular weight is 937 g/mol. The third kappa shape index (κ3) is 6.95. The van der Waals surface area contributed by atoms with Crippen molar-refractivity contribution in [3.63, 3.8) is 0 Å². The van der Waals surface area contributed by atoms with Crippen molar-refractivity contribution in [3.05, 3.63) is 76.5 Å². The molecule has 2 aromatic carbocycles. The van der Waals surface area contributed by atoms with Gasteiger partial charge >= 0.3 is 23.9 Å². The SMILES string of the molecule is CC[C@]1(O)C[C@H]2CN(CCc3c([nH]c4ccc(C=CC(=O)OC(C)(C)C)cc34)[C@@](C(=O)OC)(c3cc4c(cc3OC)N(C)[C@H]3[C@@](O)(C(=O)OC)[C@H](OC(C)=O)[C@]5(CC)C=CCN6CC[C@]43[C@@H]65)C2)C1. The number of H-pyrrole nitrogens is 1. The summed E-state index contributed by atoms with van der Waals surface area (Å²) in [7, 11) is 6.07. The van der Waals surface area contributed by atoms with E-state index in [-0.39, 0.29) is 18.4 Å². The van der Waals surface area contributed by atoms with Crippen LogP contribution in [0.5, 0.6) is 5.75 Å². The predicted molar refractivity (Wildman–Crippen MR) is 255 cm³/mol. The van der Waals surface area contributed by atoms with Crippen molar-refractivity contribution in [2.24, 2.45) is 11.3 Å². The summed E-state index contributed by atoms with van der Waals surface area (Å²) >= 11 is 0. The highest BCUT2D eigenvalue weighted by Crippen LogP contribution is 2.68. The predicted octanol–water partition coefficient (Wildman–Crippen LogP) is 5.35. The number of carbonyl (C=O) groups is 4. The van der Waals surface area contributed by atoms with Crippen LogP contribution in [0.4, 0.5) is 5.69 Å². The van der Waals surface area contributed by atoms with Gasteiger partial charge in [-0.3, -0.25) is 19.4 Å². The lowest BCUT2D eigenvalue weighted by molar-refractivity contribution is -0.228. The van der Waals surface area contributed by atoms with Crippen molar-refractivity contribution in [1.82, 2.24) is 14.8 Å². The van der Waals surface area contributed by atoms with Crippen LogP contribution in [0.3, 0.4) is 0 Å². The van der Waals surface area contributed by atoms with Crippen LogP contribution in [0.25, 0.3) is 17.0 Å². The van der Waals surface area contributed by atoms with Gasteiger partial charge in [0.1, 0.15) is 16.8 Å². The minimum atomic E-state index is -2.35. The van der Waals surface area contributed by atoms with Crippen LogP contribution in [-0.2, 0) is 55.4 Å². The first-order valence-corrected chi connectivity index (χ1v) is 24.1. The Hall–Kier alpha value is -5.22. The topological polar surface area (TPSA) is 180 Å². The summed E-state index contributed by atoms with van der Waals surface area (Å²) in [5, 5.41) is 26.5. The number of hydrogen-bond donors (Lipinski definition) is 3. The quantitative estimate of drug-likeness (QED) is 0.108. The van der Waals surface area contributed by atoms with E-state index in [0.29, 0.717) is 87.5 Å². The summed E-state index contributed by atoms with van der Waals surface area (Å²) in [5.41, 5.74) is -2.33. The van der Waals surface area contributed by atoms with Gasteiger partial charge < -0.3 is 43.8 Å². The first-order valence-electron chi connectivity index (χ1n) is 24.1. The molecule has 1 unspecified atom stereocenters. The number of aromatic amines is 1. The van der Waals surface area contributed by atoms with Gasteiger partial charge in [-0.2, -0.15) is 0 Å². The molecule has 1 aliphatic carbocycles. The second-order valence-electron chi connectivity index (χ2n) is 21.3. The summed E-state index contributed by atoms with van der Waals surface area (Å²) in [6.45, 7) is 13.7. The summed E-state index contributed by atoms with van der Waals surface area (Å²) < 4.78 is 29.7. The summed E-state index contributed by atoms with van der Waals surface area (Å²) in [6, 6.07) is 8.57. The molecule has 10 atom stereocenters. The maximum Gasteiger partial charge on any atom is 0.344 e. The van der Waals surface area contributed by atoms with Crippen molar-refractivity contribution in [2.75, 3.05) is 66.0 Å². The fourth-order valence-electron chi connectivity index (χ4n) is 14.2. The maximum absolute atomic E-state index is 15.6. The Balaban J connectivity index is 1.33. The molecule has 1 saturated carbocycles. The van der Waals surface area contributed by atoms with Gasteiger partial charge in [0.15, 0.2) is 6.10 Å². The molecule has 5 aliphatic heterocycles. The zero-order valence-electron chi connectivity index (χ0n) is 41.2. The Bertz CT molecular complexity index is 2620. The molecular weight excluding hydrogens is 869 g/mol. The van der Waals surface area contributed by atoms with E-state index in [1.54, 1.807) is 13.2 Å². The molecule has 3 fully saturated rings. The summed E-state index contributed by atoms with van der Waals surface area (Å²) in [5.74, 6) is -2.27. The fraction of sp³-hybridized carbons (Fsp3) is 0.585. The number of nitrogens with one attached hydrogen (secondary N) is 1. The van der Waals surface area contributed by atoms with E-state index in [1.165, 1.54) is 27.2 Å². The Morgan fingerprint density at radius 1 is 0.941 bits per heavy atom. The first kappa shape index (κ1) is 47.8. The molecule has 366 valence electrons. The molecule has 3 aromatic rings. The third-order valence-corrected chi connectivity index (χ3v) is 16.5. The van der Waals surface area contributed by atoms with Crippen molar-refractivity contribution in [3.8, 4) is 5.75 Å². The van der Waals surface area contributed by atoms with Gasteiger partial charge in [0.2, 0.25) is 5.60 Å². The van der Waals surface area contributed by atoms with Gasteiger partial charge in [0, 0.05) is 97.0 Å². The monoisotopic (exact) mass is 936 g/mol. The van der Waals surface area contributed by atoms with Crippen LogP contribution < -0.4 is 9.64 Å².